The predicted molar refractivity (Wildman–Crippen MR) is 87.0 cm³/mol. The van der Waals surface area contributed by atoms with Gasteiger partial charge in [-0.05, 0) is 52.0 Å². The molecule has 0 aliphatic carbocycles. The summed E-state index contributed by atoms with van der Waals surface area (Å²) in [5.41, 5.74) is 9.79. The van der Waals surface area contributed by atoms with E-state index in [1.807, 2.05) is 24.3 Å². The Morgan fingerprint density at radius 2 is 2.14 bits per heavy atom. The zero-order valence-electron chi connectivity index (χ0n) is 11.9. The Morgan fingerprint density at radius 1 is 1.29 bits per heavy atom. The third kappa shape index (κ3) is 2.78. The quantitative estimate of drug-likeness (QED) is 0.917. The van der Waals surface area contributed by atoms with Gasteiger partial charge in [0.25, 0.3) is 0 Å². The highest BCUT2D eigenvalue weighted by Gasteiger charge is 2.20. The molecule has 1 aliphatic rings. The van der Waals surface area contributed by atoms with Crippen LogP contribution in [0, 0.1) is 0 Å². The van der Waals surface area contributed by atoms with Gasteiger partial charge in [-0.25, -0.2) is 0 Å². The number of ether oxygens (including phenoxy) is 2. The summed E-state index contributed by atoms with van der Waals surface area (Å²) in [5, 5.41) is 0. The number of methoxy groups -OCH3 is 1. The lowest BCUT2D eigenvalue weighted by molar-refractivity contribution is 0.284. The summed E-state index contributed by atoms with van der Waals surface area (Å²) in [4.78, 5) is 0. The summed E-state index contributed by atoms with van der Waals surface area (Å²) < 4.78 is 12.0. The van der Waals surface area contributed by atoms with E-state index >= 15 is 0 Å². The Kier molecular flexibility index (Phi) is 4.17. The topological polar surface area (TPSA) is 44.5 Å². The first-order chi connectivity index (χ1) is 10.2. The Hall–Kier alpha value is -1.52. The first-order valence-electron chi connectivity index (χ1n) is 7.04. The number of nitrogens with two attached hydrogens (primary N) is 1. The van der Waals surface area contributed by atoms with E-state index in [4.69, 9.17) is 15.2 Å². The van der Waals surface area contributed by atoms with E-state index in [0.29, 0.717) is 0 Å². The Balaban J connectivity index is 1.99. The minimum atomic E-state index is -0.208. The molecule has 2 aromatic carbocycles. The maximum atomic E-state index is 6.46. The summed E-state index contributed by atoms with van der Waals surface area (Å²) in [6.07, 6.45) is 2.13. The van der Waals surface area contributed by atoms with Crippen LogP contribution in [0.25, 0.3) is 0 Å². The number of benzene rings is 2. The van der Waals surface area contributed by atoms with Crippen LogP contribution in [-0.4, -0.2) is 13.7 Å². The highest BCUT2D eigenvalue weighted by Crippen LogP contribution is 2.36. The average molecular weight is 348 g/mol. The number of rotatable bonds is 3. The molecule has 0 saturated heterocycles. The van der Waals surface area contributed by atoms with Crippen molar-refractivity contribution in [1.82, 2.24) is 0 Å². The van der Waals surface area contributed by atoms with Gasteiger partial charge in [0, 0.05) is 5.56 Å². The SMILES string of the molecule is COc1ccc(C(N)c2cccc3c2OCCC3)cc1Br. The second-order valence-electron chi connectivity index (χ2n) is 5.16. The van der Waals surface area contributed by atoms with Gasteiger partial charge in [-0.1, -0.05) is 24.3 Å². The number of hydrogen-bond acceptors (Lipinski definition) is 3. The summed E-state index contributed by atoms with van der Waals surface area (Å²) in [6, 6.07) is 11.9. The average Bonchev–Trinajstić information content (AvgIpc) is 2.53. The Morgan fingerprint density at radius 3 is 2.90 bits per heavy atom. The fourth-order valence-electron chi connectivity index (χ4n) is 2.71. The molecular weight excluding hydrogens is 330 g/mol. The number of halogens is 1. The summed E-state index contributed by atoms with van der Waals surface area (Å²) >= 11 is 3.51. The van der Waals surface area contributed by atoms with Crippen molar-refractivity contribution in [2.75, 3.05) is 13.7 Å². The van der Waals surface area contributed by atoms with Gasteiger partial charge in [0.05, 0.1) is 24.2 Å². The molecule has 4 heteroatoms. The molecule has 0 amide bonds. The molecule has 1 unspecified atom stereocenters. The lowest BCUT2D eigenvalue weighted by Gasteiger charge is -2.23. The highest BCUT2D eigenvalue weighted by atomic mass is 79.9. The van der Waals surface area contributed by atoms with E-state index in [0.717, 1.165) is 46.5 Å². The van der Waals surface area contributed by atoms with Crippen molar-refractivity contribution in [3.63, 3.8) is 0 Å². The van der Waals surface area contributed by atoms with Crippen molar-refractivity contribution in [3.8, 4) is 11.5 Å². The van der Waals surface area contributed by atoms with E-state index < -0.39 is 0 Å². The third-order valence-corrected chi connectivity index (χ3v) is 4.45. The van der Waals surface area contributed by atoms with E-state index in [-0.39, 0.29) is 6.04 Å². The molecule has 0 saturated carbocycles. The lowest BCUT2D eigenvalue weighted by Crippen LogP contribution is -2.17. The van der Waals surface area contributed by atoms with Gasteiger partial charge in [0.2, 0.25) is 0 Å². The van der Waals surface area contributed by atoms with Crippen LogP contribution in [-0.2, 0) is 6.42 Å². The highest BCUT2D eigenvalue weighted by molar-refractivity contribution is 9.10. The first kappa shape index (κ1) is 14.4. The molecule has 110 valence electrons. The fraction of sp³-hybridized carbons (Fsp3) is 0.294. The van der Waals surface area contributed by atoms with Crippen LogP contribution in [0.5, 0.6) is 11.5 Å². The maximum absolute atomic E-state index is 6.46. The molecule has 3 nitrogen and oxygen atoms in total. The lowest BCUT2D eigenvalue weighted by atomic mass is 9.94. The molecule has 2 N–H and O–H groups in total. The van der Waals surface area contributed by atoms with Crippen LogP contribution < -0.4 is 15.2 Å². The van der Waals surface area contributed by atoms with Crippen molar-refractivity contribution in [2.24, 2.45) is 5.73 Å². The number of aryl methyl sites for hydroxylation is 1. The van der Waals surface area contributed by atoms with Crippen LogP contribution in [0.15, 0.2) is 40.9 Å². The third-order valence-electron chi connectivity index (χ3n) is 3.83. The fourth-order valence-corrected chi connectivity index (χ4v) is 3.27. The van der Waals surface area contributed by atoms with Crippen LogP contribution in [0.4, 0.5) is 0 Å². The molecule has 1 aliphatic heterocycles. The summed E-state index contributed by atoms with van der Waals surface area (Å²) in [6.45, 7) is 0.767. The van der Waals surface area contributed by atoms with E-state index in [2.05, 4.69) is 28.1 Å². The summed E-state index contributed by atoms with van der Waals surface area (Å²) in [5.74, 6) is 1.76. The van der Waals surface area contributed by atoms with Gasteiger partial charge < -0.3 is 15.2 Å². The maximum Gasteiger partial charge on any atom is 0.133 e. The molecular formula is C17H18BrNO2. The van der Waals surface area contributed by atoms with E-state index in [1.54, 1.807) is 7.11 Å². The predicted octanol–water partition coefficient (Wildman–Crippen LogP) is 3.83. The normalized spacial score (nSPS) is 15.0. The van der Waals surface area contributed by atoms with Crippen LogP contribution in [0.3, 0.4) is 0 Å². The van der Waals surface area contributed by atoms with Gasteiger partial charge >= 0.3 is 0 Å². The van der Waals surface area contributed by atoms with E-state index in [9.17, 15) is 0 Å². The zero-order chi connectivity index (χ0) is 14.8. The number of hydrogen-bond donors (Lipinski definition) is 1. The van der Waals surface area contributed by atoms with Crippen LogP contribution in [0.1, 0.15) is 29.2 Å². The van der Waals surface area contributed by atoms with E-state index in [1.165, 1.54) is 5.56 Å². The molecule has 1 atom stereocenters. The standard InChI is InChI=1S/C17H18BrNO2/c1-20-15-8-7-12(10-14(15)18)16(19)13-6-2-4-11-5-3-9-21-17(11)13/h2,4,6-8,10,16H,3,5,9,19H2,1H3. The molecule has 3 rings (SSSR count). The number of para-hydroxylation sites is 1. The van der Waals surface area contributed by atoms with Gasteiger partial charge in [-0.3, -0.25) is 0 Å². The molecule has 0 aromatic heterocycles. The Bertz CT molecular complexity index is 657. The minimum absolute atomic E-state index is 0.208. The van der Waals surface area contributed by atoms with Gasteiger partial charge in [-0.15, -0.1) is 0 Å². The van der Waals surface area contributed by atoms with Crippen molar-refractivity contribution in [2.45, 2.75) is 18.9 Å². The van der Waals surface area contributed by atoms with Crippen molar-refractivity contribution in [3.05, 3.63) is 57.6 Å². The molecule has 0 bridgehead atoms. The van der Waals surface area contributed by atoms with Crippen molar-refractivity contribution >= 4 is 15.9 Å². The first-order valence-corrected chi connectivity index (χ1v) is 7.83. The number of fused-ring (bicyclic) bond motifs is 1. The zero-order valence-corrected chi connectivity index (χ0v) is 13.5. The minimum Gasteiger partial charge on any atom is -0.496 e. The smallest absolute Gasteiger partial charge is 0.133 e. The second-order valence-corrected chi connectivity index (χ2v) is 6.01. The Labute approximate surface area is 133 Å². The second kappa shape index (κ2) is 6.08. The molecule has 0 spiro atoms. The van der Waals surface area contributed by atoms with Gasteiger partial charge in [0.1, 0.15) is 11.5 Å². The largest absolute Gasteiger partial charge is 0.496 e. The van der Waals surface area contributed by atoms with Crippen molar-refractivity contribution in [1.29, 1.82) is 0 Å². The monoisotopic (exact) mass is 347 g/mol. The van der Waals surface area contributed by atoms with Gasteiger partial charge in [-0.2, -0.15) is 0 Å². The van der Waals surface area contributed by atoms with Crippen molar-refractivity contribution < 1.29 is 9.47 Å². The molecule has 0 fully saturated rings. The summed E-state index contributed by atoms with van der Waals surface area (Å²) in [7, 11) is 1.65. The molecule has 21 heavy (non-hydrogen) atoms. The van der Waals surface area contributed by atoms with Gasteiger partial charge in [0.15, 0.2) is 0 Å². The molecule has 0 radical (unpaired) electrons. The molecule has 1 heterocycles. The van der Waals surface area contributed by atoms with Crippen LogP contribution in [0.2, 0.25) is 0 Å². The van der Waals surface area contributed by atoms with Crippen LogP contribution >= 0.6 is 15.9 Å². The molecule has 2 aromatic rings.